The standard InChI is InChI=1S/C24H36N2O3.C23H30N2O4.2CH4/c1-17(27)13-20(21-15-19-7-5-6-8-22(19)25-16-21)14-18-9-11-26(12-10-18)23(28)29-24(2,3)4;1-23(2,3)29-22(28)25-10-8-16(9-11-25)12-18(14-21(26)27)19-13-17-6-4-5-7-20(17)24-15-19;;/h5-8,18,20-21,25H,9-16H2,1-4H3;4-7,13,15-16,18H,8-12,14H2,1-3H3,(H,26,27);2*1H4/t20-,21?;18-;;/m10../s1. The van der Waals surface area contributed by atoms with E-state index in [1.807, 2.05) is 76.9 Å². The number of likely N-dealkylation sites (tertiary alicyclic amines) is 2. The van der Waals surface area contributed by atoms with Crippen molar-refractivity contribution in [1.82, 2.24) is 14.8 Å². The number of amides is 2. The highest BCUT2D eigenvalue weighted by Crippen LogP contribution is 2.37. The van der Waals surface area contributed by atoms with Gasteiger partial charge >= 0.3 is 18.2 Å². The number of Topliss-reactive ketones (excluding diaryl/α,β-unsaturated/α-hetero) is 1. The van der Waals surface area contributed by atoms with E-state index in [0.717, 1.165) is 81.0 Å². The molecule has 0 aliphatic carbocycles. The molecule has 1 unspecified atom stereocenters. The number of fused-ring (bicyclic) bond motifs is 2. The highest BCUT2D eigenvalue weighted by molar-refractivity contribution is 5.79. The van der Waals surface area contributed by atoms with Crippen molar-refractivity contribution in [1.29, 1.82) is 0 Å². The summed E-state index contributed by atoms with van der Waals surface area (Å²) in [5.74, 6) is 1.22. The molecular weight excluding hydrogens is 757 g/mol. The van der Waals surface area contributed by atoms with Crippen LogP contribution in [0.2, 0.25) is 0 Å². The SMILES string of the molecule is C.C.CC(=O)C[C@H](CC1CCN(C(=O)OC(C)(C)C)CC1)C1CNc2ccccc2C1.CC(C)(C)OC(=O)N1CCC(C[C@@H](CC(=O)O)c2cnc3ccccc3c2)CC1. The number of nitrogens with one attached hydrogen (secondary N) is 1. The minimum absolute atomic E-state index is 0. The summed E-state index contributed by atoms with van der Waals surface area (Å²) < 4.78 is 11.0. The Bertz CT molecular complexity index is 1850. The van der Waals surface area contributed by atoms with E-state index in [-0.39, 0.29) is 45.2 Å². The highest BCUT2D eigenvalue weighted by Gasteiger charge is 2.33. The van der Waals surface area contributed by atoms with E-state index in [4.69, 9.17) is 9.47 Å². The molecule has 60 heavy (non-hydrogen) atoms. The zero-order chi connectivity index (χ0) is 42.0. The molecule has 0 saturated carbocycles. The van der Waals surface area contributed by atoms with Crippen LogP contribution in [0.1, 0.15) is 132 Å². The third-order valence-corrected chi connectivity index (χ3v) is 11.6. The topological polar surface area (TPSA) is 138 Å². The molecule has 3 aliphatic heterocycles. The molecule has 1 aromatic heterocycles. The maximum absolute atomic E-state index is 12.3. The number of piperidine rings is 2. The lowest BCUT2D eigenvalue weighted by Crippen LogP contribution is -2.42. The average molecular weight is 831 g/mol. The van der Waals surface area contributed by atoms with Gasteiger partial charge in [-0.05, 0) is 152 Å². The number of carbonyl (C=O) groups is 4. The van der Waals surface area contributed by atoms with E-state index in [1.165, 1.54) is 11.3 Å². The predicted molar refractivity (Wildman–Crippen MR) is 241 cm³/mol. The van der Waals surface area contributed by atoms with Crippen molar-refractivity contribution in [3.8, 4) is 0 Å². The van der Waals surface area contributed by atoms with Crippen LogP contribution in [-0.4, -0.2) is 87.8 Å². The number of rotatable bonds is 10. The predicted octanol–water partition coefficient (Wildman–Crippen LogP) is 11.0. The maximum Gasteiger partial charge on any atom is 0.410 e. The van der Waals surface area contributed by atoms with Gasteiger partial charge in [-0.15, -0.1) is 0 Å². The number of benzene rings is 2. The lowest BCUT2D eigenvalue weighted by atomic mass is 9.75. The van der Waals surface area contributed by atoms with Crippen molar-refractivity contribution in [2.45, 2.75) is 138 Å². The zero-order valence-electron chi connectivity index (χ0n) is 35.8. The molecule has 4 heterocycles. The van der Waals surface area contributed by atoms with Crippen molar-refractivity contribution in [3.05, 3.63) is 71.9 Å². The van der Waals surface area contributed by atoms with Crippen LogP contribution < -0.4 is 5.32 Å². The number of pyridine rings is 1. The molecule has 2 saturated heterocycles. The summed E-state index contributed by atoms with van der Waals surface area (Å²) in [6.07, 6.45) is 8.67. The summed E-state index contributed by atoms with van der Waals surface area (Å²) in [4.78, 5) is 56.1. The van der Waals surface area contributed by atoms with E-state index in [9.17, 15) is 24.3 Å². The second-order valence-electron chi connectivity index (χ2n) is 18.7. The van der Waals surface area contributed by atoms with Gasteiger partial charge in [-0.2, -0.15) is 0 Å². The zero-order valence-corrected chi connectivity index (χ0v) is 35.8. The van der Waals surface area contributed by atoms with Gasteiger partial charge in [0.15, 0.2) is 0 Å². The van der Waals surface area contributed by atoms with Gasteiger partial charge in [0.25, 0.3) is 0 Å². The Labute approximate surface area is 360 Å². The van der Waals surface area contributed by atoms with Crippen LogP contribution in [0.15, 0.2) is 60.8 Å². The molecule has 2 fully saturated rings. The largest absolute Gasteiger partial charge is 0.481 e. The molecule has 2 N–H and O–H groups in total. The molecule has 3 aromatic rings. The number of aliphatic carboxylic acids is 1. The Balaban J connectivity index is 0.000000310. The van der Waals surface area contributed by atoms with Gasteiger partial charge in [0, 0.05) is 56.4 Å². The first-order valence-corrected chi connectivity index (χ1v) is 21.3. The average Bonchev–Trinajstić information content (AvgIpc) is 3.16. The van der Waals surface area contributed by atoms with Crippen LogP contribution >= 0.6 is 0 Å². The fourth-order valence-corrected chi connectivity index (χ4v) is 8.66. The minimum atomic E-state index is -0.797. The molecule has 2 aromatic carbocycles. The van der Waals surface area contributed by atoms with Crippen molar-refractivity contribution in [2.75, 3.05) is 38.0 Å². The smallest absolute Gasteiger partial charge is 0.410 e. The number of carboxylic acids is 1. The number of para-hydroxylation sites is 2. The molecule has 0 spiro atoms. The summed E-state index contributed by atoms with van der Waals surface area (Å²) >= 11 is 0. The molecule has 3 aliphatic rings. The fraction of sp³-hybridized carbons (Fsp3) is 0.612. The fourth-order valence-electron chi connectivity index (χ4n) is 8.66. The third-order valence-electron chi connectivity index (χ3n) is 11.6. The van der Waals surface area contributed by atoms with Gasteiger partial charge in [0.05, 0.1) is 11.9 Å². The Morgan fingerprint density at radius 3 is 1.87 bits per heavy atom. The first-order valence-electron chi connectivity index (χ1n) is 21.3. The van der Waals surface area contributed by atoms with E-state index in [0.29, 0.717) is 43.2 Å². The number of carboxylic acid groups (broad SMARTS) is 1. The lowest BCUT2D eigenvalue weighted by molar-refractivity contribution is -0.137. The molecule has 0 radical (unpaired) electrons. The van der Waals surface area contributed by atoms with Crippen LogP contribution in [0.5, 0.6) is 0 Å². The number of hydrogen-bond acceptors (Lipinski definition) is 8. The van der Waals surface area contributed by atoms with Gasteiger partial charge in [0.1, 0.15) is 17.0 Å². The van der Waals surface area contributed by atoms with E-state index in [1.54, 1.807) is 11.8 Å². The minimum Gasteiger partial charge on any atom is -0.481 e. The Kier molecular flexibility index (Phi) is 18.4. The van der Waals surface area contributed by atoms with Crippen LogP contribution in [0.25, 0.3) is 10.9 Å². The molecule has 332 valence electrons. The molecule has 0 bridgehead atoms. The van der Waals surface area contributed by atoms with Crippen LogP contribution in [-0.2, 0) is 25.5 Å². The van der Waals surface area contributed by atoms with Crippen LogP contribution in [0.3, 0.4) is 0 Å². The normalized spacial score (nSPS) is 18.2. The molecule has 11 nitrogen and oxygen atoms in total. The van der Waals surface area contributed by atoms with Crippen LogP contribution in [0, 0.1) is 23.7 Å². The Morgan fingerprint density at radius 1 is 0.783 bits per heavy atom. The van der Waals surface area contributed by atoms with Crippen LogP contribution in [0.4, 0.5) is 15.3 Å². The second kappa shape index (κ2) is 22.3. The van der Waals surface area contributed by atoms with Crippen molar-refractivity contribution >= 4 is 40.5 Å². The number of carbonyl (C=O) groups excluding carboxylic acids is 3. The molecule has 2 amide bonds. The summed E-state index contributed by atoms with van der Waals surface area (Å²) in [7, 11) is 0. The number of hydrogen-bond donors (Lipinski definition) is 2. The first-order chi connectivity index (χ1) is 27.4. The van der Waals surface area contributed by atoms with Gasteiger partial charge in [-0.1, -0.05) is 51.3 Å². The number of nitrogens with zero attached hydrogens (tertiary/aromatic N) is 3. The van der Waals surface area contributed by atoms with Crippen molar-refractivity contribution in [3.63, 3.8) is 0 Å². The first kappa shape index (κ1) is 49.7. The quantitative estimate of drug-likeness (QED) is 0.204. The van der Waals surface area contributed by atoms with E-state index < -0.39 is 17.2 Å². The van der Waals surface area contributed by atoms with Gasteiger partial charge < -0.3 is 34.5 Å². The van der Waals surface area contributed by atoms with Gasteiger partial charge in [-0.3, -0.25) is 9.78 Å². The number of ether oxygens (including phenoxy) is 2. The Hall–Kier alpha value is -4.67. The van der Waals surface area contributed by atoms with Gasteiger partial charge in [-0.25, -0.2) is 9.59 Å². The maximum atomic E-state index is 12.3. The monoisotopic (exact) mass is 831 g/mol. The van der Waals surface area contributed by atoms with E-state index in [2.05, 4.69) is 40.6 Å². The molecular formula is C49H74N4O7. The lowest BCUT2D eigenvalue weighted by Gasteiger charge is -2.37. The molecule has 11 heteroatoms. The molecule has 3 atom stereocenters. The summed E-state index contributed by atoms with van der Waals surface area (Å²) in [6, 6.07) is 18.4. The van der Waals surface area contributed by atoms with E-state index >= 15 is 0 Å². The second-order valence-corrected chi connectivity index (χ2v) is 18.7. The Morgan fingerprint density at radius 2 is 1.32 bits per heavy atom. The van der Waals surface area contributed by atoms with Crippen molar-refractivity contribution < 1.29 is 33.8 Å². The van der Waals surface area contributed by atoms with Gasteiger partial charge in [0.2, 0.25) is 0 Å². The summed E-state index contributed by atoms with van der Waals surface area (Å²) in [5.41, 5.74) is 3.53. The molecule has 6 rings (SSSR count). The van der Waals surface area contributed by atoms with Crippen molar-refractivity contribution in [2.24, 2.45) is 23.7 Å². The third kappa shape index (κ3) is 15.4. The summed E-state index contributed by atoms with van der Waals surface area (Å²) in [6.45, 7) is 16.7. The highest BCUT2D eigenvalue weighted by atomic mass is 16.6. The summed E-state index contributed by atoms with van der Waals surface area (Å²) in [5, 5.41) is 14.0. The number of aromatic nitrogens is 1. The number of ketones is 1. The number of anilines is 1.